The highest BCUT2D eigenvalue weighted by molar-refractivity contribution is 5.97. The van der Waals surface area contributed by atoms with Gasteiger partial charge in [-0.25, -0.2) is 9.78 Å². The zero-order valence-corrected chi connectivity index (χ0v) is 17.6. The molecule has 0 atom stereocenters. The van der Waals surface area contributed by atoms with E-state index in [1.54, 1.807) is 23.7 Å². The number of fused-ring (bicyclic) bond motifs is 1. The standard InChI is InChI=1S/C24H15F3N4O3/c1-31-12-29-30-22(31)20-16(14-6-3-2-4-7-14)8-5-9-19(20)34-23(32)15-10-17(24(25,26)27)21-18(11-15)28-13-33-21/h2-13H,1H3. The van der Waals surface area contributed by atoms with Gasteiger partial charge in [0.15, 0.2) is 17.8 Å². The van der Waals surface area contributed by atoms with Gasteiger partial charge in [-0.15, -0.1) is 10.2 Å². The average Bonchev–Trinajstić information content (AvgIpc) is 3.46. The second kappa shape index (κ2) is 8.14. The zero-order valence-electron chi connectivity index (χ0n) is 17.6. The van der Waals surface area contributed by atoms with Crippen molar-refractivity contribution in [2.75, 3.05) is 0 Å². The molecule has 0 N–H and O–H groups in total. The maximum absolute atomic E-state index is 13.5. The van der Waals surface area contributed by atoms with Crippen molar-refractivity contribution in [3.8, 4) is 28.3 Å². The van der Waals surface area contributed by atoms with Crippen LogP contribution >= 0.6 is 0 Å². The molecule has 0 unspecified atom stereocenters. The molecule has 0 aliphatic heterocycles. The predicted octanol–water partition coefficient (Wildman–Crippen LogP) is 5.53. The summed E-state index contributed by atoms with van der Waals surface area (Å²) < 4.78 is 52.8. The first-order chi connectivity index (χ1) is 16.3. The Morgan fingerprint density at radius 2 is 1.85 bits per heavy atom. The molecule has 170 valence electrons. The molecule has 0 amide bonds. The van der Waals surface area contributed by atoms with Crippen LogP contribution in [0, 0.1) is 0 Å². The van der Waals surface area contributed by atoms with E-state index >= 15 is 0 Å². The molecule has 2 heterocycles. The van der Waals surface area contributed by atoms with Gasteiger partial charge in [-0.1, -0.05) is 42.5 Å². The minimum Gasteiger partial charge on any atom is -0.443 e. The van der Waals surface area contributed by atoms with E-state index in [4.69, 9.17) is 9.15 Å². The van der Waals surface area contributed by atoms with Crippen LogP contribution in [0.4, 0.5) is 13.2 Å². The Morgan fingerprint density at radius 3 is 2.56 bits per heavy atom. The Bertz CT molecular complexity index is 1510. The van der Waals surface area contributed by atoms with Gasteiger partial charge in [-0.2, -0.15) is 13.2 Å². The number of halogens is 3. The number of esters is 1. The number of carbonyl (C=O) groups excluding carboxylic acids is 1. The van der Waals surface area contributed by atoms with Gasteiger partial charge in [0.25, 0.3) is 0 Å². The monoisotopic (exact) mass is 464 g/mol. The summed E-state index contributed by atoms with van der Waals surface area (Å²) in [6, 6.07) is 16.3. The van der Waals surface area contributed by atoms with Crippen LogP contribution in [0.3, 0.4) is 0 Å². The van der Waals surface area contributed by atoms with Gasteiger partial charge in [-0.05, 0) is 29.3 Å². The van der Waals surface area contributed by atoms with Gasteiger partial charge in [0.1, 0.15) is 23.2 Å². The molecule has 34 heavy (non-hydrogen) atoms. The molecule has 0 aliphatic rings. The molecule has 0 spiro atoms. The van der Waals surface area contributed by atoms with Crippen molar-refractivity contribution in [2.45, 2.75) is 6.18 Å². The topological polar surface area (TPSA) is 83.0 Å². The SMILES string of the molecule is Cn1cnnc1-c1c(OC(=O)c2cc(C(F)(F)F)c3ocnc3c2)cccc1-c1ccccc1. The molecular weight excluding hydrogens is 449 g/mol. The van der Waals surface area contributed by atoms with Crippen molar-refractivity contribution in [3.63, 3.8) is 0 Å². The fourth-order valence-corrected chi connectivity index (χ4v) is 3.67. The summed E-state index contributed by atoms with van der Waals surface area (Å²) in [5, 5.41) is 8.05. The molecule has 3 aromatic carbocycles. The smallest absolute Gasteiger partial charge is 0.420 e. The maximum Gasteiger partial charge on any atom is 0.420 e. The van der Waals surface area contributed by atoms with Gasteiger partial charge in [0.2, 0.25) is 0 Å². The van der Waals surface area contributed by atoms with Gasteiger partial charge < -0.3 is 13.7 Å². The molecule has 0 saturated heterocycles. The first-order valence-corrected chi connectivity index (χ1v) is 10.0. The Balaban J connectivity index is 1.62. The number of rotatable bonds is 4. The van der Waals surface area contributed by atoms with E-state index in [2.05, 4.69) is 15.2 Å². The van der Waals surface area contributed by atoms with E-state index in [1.165, 1.54) is 12.4 Å². The lowest BCUT2D eigenvalue weighted by Crippen LogP contribution is -2.13. The molecule has 5 rings (SSSR count). The second-order valence-corrected chi connectivity index (χ2v) is 7.42. The van der Waals surface area contributed by atoms with Crippen molar-refractivity contribution in [3.05, 3.63) is 84.5 Å². The van der Waals surface area contributed by atoms with E-state index in [0.29, 0.717) is 23.0 Å². The summed E-state index contributed by atoms with van der Waals surface area (Å²) >= 11 is 0. The van der Waals surface area contributed by atoms with E-state index < -0.39 is 23.3 Å². The van der Waals surface area contributed by atoms with Crippen molar-refractivity contribution in [2.24, 2.45) is 7.05 Å². The maximum atomic E-state index is 13.5. The minimum absolute atomic E-state index is 0.103. The number of oxazole rings is 1. The third-order valence-electron chi connectivity index (χ3n) is 5.22. The molecule has 0 bridgehead atoms. The Labute approximate surface area is 190 Å². The van der Waals surface area contributed by atoms with Crippen molar-refractivity contribution in [1.82, 2.24) is 19.7 Å². The first kappa shape index (κ1) is 21.4. The van der Waals surface area contributed by atoms with Crippen LogP contribution in [-0.4, -0.2) is 25.7 Å². The predicted molar refractivity (Wildman–Crippen MR) is 116 cm³/mol. The van der Waals surface area contributed by atoms with Crippen LogP contribution in [0.15, 0.2) is 77.8 Å². The van der Waals surface area contributed by atoms with Crippen LogP contribution in [-0.2, 0) is 13.2 Å². The largest absolute Gasteiger partial charge is 0.443 e. The van der Waals surface area contributed by atoms with Gasteiger partial charge in [-0.3, -0.25) is 0 Å². The molecule has 0 fully saturated rings. The molecular formula is C24H15F3N4O3. The number of alkyl halides is 3. The van der Waals surface area contributed by atoms with E-state index in [0.717, 1.165) is 12.0 Å². The number of carbonyl (C=O) groups is 1. The third kappa shape index (κ3) is 3.79. The van der Waals surface area contributed by atoms with Crippen molar-refractivity contribution < 1.29 is 27.1 Å². The third-order valence-corrected chi connectivity index (χ3v) is 5.22. The Morgan fingerprint density at radius 1 is 1.06 bits per heavy atom. The molecule has 0 aliphatic carbocycles. The Hall–Kier alpha value is -4.47. The van der Waals surface area contributed by atoms with Gasteiger partial charge >= 0.3 is 12.1 Å². The van der Waals surface area contributed by atoms with E-state index in [9.17, 15) is 18.0 Å². The summed E-state index contributed by atoms with van der Waals surface area (Å²) in [6.07, 6.45) is -2.35. The number of hydrogen-bond donors (Lipinski definition) is 0. The number of benzene rings is 3. The van der Waals surface area contributed by atoms with Crippen LogP contribution < -0.4 is 4.74 Å². The van der Waals surface area contributed by atoms with Gasteiger partial charge in [0, 0.05) is 7.05 Å². The minimum atomic E-state index is -4.74. The van der Waals surface area contributed by atoms with Crippen LogP contribution in [0.2, 0.25) is 0 Å². The fourth-order valence-electron chi connectivity index (χ4n) is 3.67. The molecule has 5 aromatic rings. The summed E-state index contributed by atoms with van der Waals surface area (Å²) in [5.41, 5.74) is 0.0410. The number of nitrogens with zero attached hydrogens (tertiary/aromatic N) is 4. The normalized spacial score (nSPS) is 11.6. The Kier molecular flexibility index (Phi) is 5.12. The summed E-state index contributed by atoms with van der Waals surface area (Å²) in [6.45, 7) is 0. The first-order valence-electron chi connectivity index (χ1n) is 10.0. The second-order valence-electron chi connectivity index (χ2n) is 7.42. The van der Waals surface area contributed by atoms with Gasteiger partial charge in [0.05, 0.1) is 11.1 Å². The lowest BCUT2D eigenvalue weighted by atomic mass is 9.98. The fraction of sp³-hybridized carbons (Fsp3) is 0.0833. The molecule has 2 aromatic heterocycles. The molecule has 10 heteroatoms. The molecule has 0 saturated carbocycles. The van der Waals surface area contributed by atoms with Crippen LogP contribution in [0.1, 0.15) is 15.9 Å². The highest BCUT2D eigenvalue weighted by Crippen LogP contribution is 2.39. The molecule has 7 nitrogen and oxygen atoms in total. The molecule has 0 radical (unpaired) electrons. The van der Waals surface area contributed by atoms with Crippen LogP contribution in [0.5, 0.6) is 5.75 Å². The highest BCUT2D eigenvalue weighted by Gasteiger charge is 2.36. The number of hydrogen-bond acceptors (Lipinski definition) is 6. The lowest BCUT2D eigenvalue weighted by molar-refractivity contribution is -0.136. The number of ether oxygens (including phenoxy) is 1. The summed E-state index contributed by atoms with van der Waals surface area (Å²) in [4.78, 5) is 16.8. The summed E-state index contributed by atoms with van der Waals surface area (Å²) in [7, 11) is 1.73. The van der Waals surface area contributed by atoms with E-state index in [1.807, 2.05) is 36.4 Å². The lowest BCUT2D eigenvalue weighted by Gasteiger charge is -2.15. The highest BCUT2D eigenvalue weighted by atomic mass is 19.4. The van der Waals surface area contributed by atoms with Crippen molar-refractivity contribution >= 4 is 17.1 Å². The van der Waals surface area contributed by atoms with Crippen LogP contribution in [0.25, 0.3) is 33.6 Å². The number of aromatic nitrogens is 4. The van der Waals surface area contributed by atoms with E-state index in [-0.39, 0.29) is 16.8 Å². The number of aryl methyl sites for hydroxylation is 1. The summed E-state index contributed by atoms with van der Waals surface area (Å²) in [5.74, 6) is -0.439. The average molecular weight is 464 g/mol. The quantitative estimate of drug-likeness (QED) is 0.257. The van der Waals surface area contributed by atoms with Crippen molar-refractivity contribution in [1.29, 1.82) is 0 Å². The zero-order chi connectivity index (χ0) is 23.9.